The van der Waals surface area contributed by atoms with Gasteiger partial charge in [-0.3, -0.25) is 0 Å². The van der Waals surface area contributed by atoms with Gasteiger partial charge < -0.3 is 9.47 Å². The first-order chi connectivity index (χ1) is 5.20. The quantitative estimate of drug-likeness (QED) is 0.444. The molecule has 1 atom stereocenters. The number of methoxy groups -OCH3 is 1. The maximum Gasteiger partial charge on any atom is 0.330 e. The number of ether oxygens (including phenoxy) is 2. The maximum atomic E-state index is 10.5. The highest BCUT2D eigenvalue weighted by Crippen LogP contribution is 1.95. The molecule has 0 bridgehead atoms. The van der Waals surface area contributed by atoms with Crippen molar-refractivity contribution in [2.45, 2.75) is 19.4 Å². The Bertz CT molecular complexity index is 131. The van der Waals surface area contributed by atoms with Crippen molar-refractivity contribution in [1.29, 1.82) is 0 Å². The summed E-state index contributed by atoms with van der Waals surface area (Å²) in [6.45, 7) is 5.58. The molecule has 0 heterocycles. The highest BCUT2D eigenvalue weighted by molar-refractivity contribution is 5.81. The molecular formula is C8H14O3. The summed E-state index contributed by atoms with van der Waals surface area (Å²) in [5, 5.41) is 0. The predicted molar refractivity (Wildman–Crippen MR) is 42.2 cm³/mol. The number of carbonyl (C=O) groups is 1. The Labute approximate surface area is 67.0 Å². The van der Waals surface area contributed by atoms with E-state index in [4.69, 9.17) is 9.47 Å². The van der Waals surface area contributed by atoms with Crippen molar-refractivity contribution in [2.75, 3.05) is 13.7 Å². The first-order valence-corrected chi connectivity index (χ1v) is 3.52. The summed E-state index contributed by atoms with van der Waals surface area (Å²) in [6.07, 6.45) is 2.00. The largest absolute Gasteiger partial charge is 0.462 e. The average molecular weight is 158 g/mol. The van der Waals surface area contributed by atoms with Crippen molar-refractivity contribution in [2.24, 2.45) is 0 Å². The number of rotatable bonds is 5. The summed E-state index contributed by atoms with van der Waals surface area (Å²) in [5.74, 6) is -0.381. The van der Waals surface area contributed by atoms with E-state index in [1.807, 2.05) is 6.92 Å². The summed E-state index contributed by atoms with van der Waals surface area (Å²) in [5.41, 5.74) is 0. The standard InChI is InChI=1S/C8H14O3/c1-4-8(9)11-6-5-7(2)10-3/h4,7H,1,5-6H2,2-3H3/t7-/m0/s1. The Morgan fingerprint density at radius 3 is 2.82 bits per heavy atom. The number of hydrogen-bond donors (Lipinski definition) is 0. The van der Waals surface area contributed by atoms with Gasteiger partial charge in [-0.25, -0.2) is 4.79 Å². The second kappa shape index (κ2) is 5.92. The average Bonchev–Trinajstić information content (AvgIpc) is 2.04. The normalized spacial score (nSPS) is 12.2. The topological polar surface area (TPSA) is 35.5 Å². The van der Waals surface area contributed by atoms with Gasteiger partial charge in [0.15, 0.2) is 0 Å². The molecule has 0 aliphatic heterocycles. The number of esters is 1. The second-order valence-electron chi connectivity index (χ2n) is 2.21. The number of carbonyl (C=O) groups excluding carboxylic acids is 1. The van der Waals surface area contributed by atoms with E-state index in [-0.39, 0.29) is 12.1 Å². The molecule has 0 saturated heterocycles. The zero-order valence-corrected chi connectivity index (χ0v) is 7.00. The Balaban J connectivity index is 3.26. The van der Waals surface area contributed by atoms with Crippen LogP contribution in [-0.4, -0.2) is 25.8 Å². The molecule has 3 nitrogen and oxygen atoms in total. The molecule has 0 aromatic rings. The summed E-state index contributed by atoms with van der Waals surface area (Å²) < 4.78 is 9.68. The summed E-state index contributed by atoms with van der Waals surface area (Å²) >= 11 is 0. The van der Waals surface area contributed by atoms with Crippen molar-refractivity contribution >= 4 is 5.97 Å². The third-order valence-corrected chi connectivity index (χ3v) is 1.34. The van der Waals surface area contributed by atoms with Gasteiger partial charge in [0.2, 0.25) is 0 Å². The Morgan fingerprint density at radius 1 is 1.73 bits per heavy atom. The fraction of sp³-hybridized carbons (Fsp3) is 0.625. The van der Waals surface area contributed by atoms with Crippen LogP contribution in [0.25, 0.3) is 0 Å². The van der Waals surface area contributed by atoms with Crippen molar-refractivity contribution in [3.05, 3.63) is 12.7 Å². The van der Waals surface area contributed by atoms with Gasteiger partial charge in [0.1, 0.15) is 0 Å². The molecule has 0 radical (unpaired) electrons. The lowest BCUT2D eigenvalue weighted by Gasteiger charge is -2.07. The smallest absolute Gasteiger partial charge is 0.330 e. The summed E-state index contributed by atoms with van der Waals surface area (Å²) in [7, 11) is 1.62. The molecule has 0 aromatic heterocycles. The minimum Gasteiger partial charge on any atom is -0.462 e. The van der Waals surface area contributed by atoms with Crippen LogP contribution >= 0.6 is 0 Å². The highest BCUT2D eigenvalue weighted by atomic mass is 16.5. The molecule has 0 spiro atoms. The zero-order chi connectivity index (χ0) is 8.69. The van der Waals surface area contributed by atoms with E-state index in [1.54, 1.807) is 7.11 Å². The van der Waals surface area contributed by atoms with E-state index >= 15 is 0 Å². The molecule has 0 aliphatic carbocycles. The molecular weight excluding hydrogens is 144 g/mol. The van der Waals surface area contributed by atoms with Crippen LogP contribution in [0.3, 0.4) is 0 Å². The highest BCUT2D eigenvalue weighted by Gasteiger charge is 2.00. The Morgan fingerprint density at radius 2 is 2.36 bits per heavy atom. The second-order valence-corrected chi connectivity index (χ2v) is 2.21. The van der Waals surface area contributed by atoms with Crippen LogP contribution in [0.15, 0.2) is 12.7 Å². The van der Waals surface area contributed by atoms with Crippen LogP contribution in [0.2, 0.25) is 0 Å². The van der Waals surface area contributed by atoms with Crippen LogP contribution in [0, 0.1) is 0 Å². The summed E-state index contributed by atoms with van der Waals surface area (Å²) in [4.78, 5) is 10.5. The molecule has 0 fully saturated rings. The molecule has 3 heteroatoms. The van der Waals surface area contributed by atoms with Crippen LogP contribution in [0.1, 0.15) is 13.3 Å². The van der Waals surface area contributed by atoms with Gasteiger partial charge in [0.05, 0.1) is 12.7 Å². The zero-order valence-electron chi connectivity index (χ0n) is 7.00. The minimum absolute atomic E-state index is 0.132. The molecule has 0 unspecified atom stereocenters. The number of hydrogen-bond acceptors (Lipinski definition) is 3. The van der Waals surface area contributed by atoms with Crippen LogP contribution in [-0.2, 0) is 14.3 Å². The van der Waals surface area contributed by atoms with E-state index in [2.05, 4.69) is 6.58 Å². The van der Waals surface area contributed by atoms with Gasteiger partial charge >= 0.3 is 5.97 Å². The van der Waals surface area contributed by atoms with E-state index in [0.29, 0.717) is 6.61 Å². The van der Waals surface area contributed by atoms with Gasteiger partial charge in [-0.05, 0) is 6.92 Å². The van der Waals surface area contributed by atoms with E-state index in [0.717, 1.165) is 12.5 Å². The third kappa shape index (κ3) is 5.61. The summed E-state index contributed by atoms with van der Waals surface area (Å²) in [6, 6.07) is 0. The lowest BCUT2D eigenvalue weighted by atomic mass is 10.3. The molecule has 0 aromatic carbocycles. The molecule has 0 rings (SSSR count). The lowest BCUT2D eigenvalue weighted by molar-refractivity contribution is -0.138. The SMILES string of the molecule is C=CC(=O)OCC[C@H](C)OC. The van der Waals surface area contributed by atoms with Gasteiger partial charge in [-0.15, -0.1) is 0 Å². The third-order valence-electron chi connectivity index (χ3n) is 1.34. The molecule has 64 valence electrons. The van der Waals surface area contributed by atoms with Crippen molar-refractivity contribution in [3.63, 3.8) is 0 Å². The first kappa shape index (κ1) is 10.2. The molecule has 0 saturated carbocycles. The maximum absolute atomic E-state index is 10.5. The monoisotopic (exact) mass is 158 g/mol. The van der Waals surface area contributed by atoms with Crippen molar-refractivity contribution in [1.82, 2.24) is 0 Å². The fourth-order valence-electron chi connectivity index (χ4n) is 0.502. The van der Waals surface area contributed by atoms with Gasteiger partial charge in [0, 0.05) is 19.6 Å². The fourth-order valence-corrected chi connectivity index (χ4v) is 0.502. The van der Waals surface area contributed by atoms with Crippen molar-refractivity contribution in [3.8, 4) is 0 Å². The Kier molecular flexibility index (Phi) is 5.47. The van der Waals surface area contributed by atoms with Gasteiger partial charge in [0.25, 0.3) is 0 Å². The molecule has 0 amide bonds. The molecule has 11 heavy (non-hydrogen) atoms. The molecule has 0 aliphatic rings. The predicted octanol–water partition coefficient (Wildman–Crippen LogP) is 1.14. The van der Waals surface area contributed by atoms with E-state index < -0.39 is 0 Å². The molecule has 0 N–H and O–H groups in total. The minimum atomic E-state index is -0.381. The van der Waals surface area contributed by atoms with Gasteiger partial charge in [-0.2, -0.15) is 0 Å². The van der Waals surface area contributed by atoms with Crippen LogP contribution in [0.5, 0.6) is 0 Å². The van der Waals surface area contributed by atoms with Crippen molar-refractivity contribution < 1.29 is 14.3 Å². The van der Waals surface area contributed by atoms with Crippen LogP contribution < -0.4 is 0 Å². The van der Waals surface area contributed by atoms with Gasteiger partial charge in [-0.1, -0.05) is 6.58 Å². The Hall–Kier alpha value is -0.830. The first-order valence-electron chi connectivity index (χ1n) is 3.52. The lowest BCUT2D eigenvalue weighted by Crippen LogP contribution is -2.11. The van der Waals surface area contributed by atoms with E-state index in [9.17, 15) is 4.79 Å². The van der Waals surface area contributed by atoms with Crippen LogP contribution in [0.4, 0.5) is 0 Å². The van der Waals surface area contributed by atoms with E-state index in [1.165, 1.54) is 0 Å².